The summed E-state index contributed by atoms with van der Waals surface area (Å²) < 4.78 is 0. The Morgan fingerprint density at radius 2 is 1.81 bits per heavy atom. The molecular formula is C17H13Cl3N4OS2. The lowest BCUT2D eigenvalue weighted by Gasteiger charge is -2.05. The van der Waals surface area contributed by atoms with Crippen molar-refractivity contribution in [2.45, 2.75) is 11.5 Å². The number of anilines is 2. The molecule has 2 N–H and O–H groups in total. The molecule has 2 amide bonds. The van der Waals surface area contributed by atoms with Crippen LogP contribution in [-0.4, -0.2) is 16.2 Å². The van der Waals surface area contributed by atoms with Crippen molar-refractivity contribution in [2.24, 2.45) is 0 Å². The Hall–Kier alpha value is -1.51. The quantitative estimate of drug-likeness (QED) is 0.437. The van der Waals surface area contributed by atoms with Gasteiger partial charge in [0.05, 0.1) is 0 Å². The Bertz CT molecular complexity index is 951. The molecule has 5 nitrogen and oxygen atoms in total. The van der Waals surface area contributed by atoms with Crippen molar-refractivity contribution >= 4 is 74.8 Å². The summed E-state index contributed by atoms with van der Waals surface area (Å²) in [5.41, 5.74) is 1.61. The highest BCUT2D eigenvalue weighted by Crippen LogP contribution is 2.27. The van der Waals surface area contributed by atoms with E-state index < -0.39 is 6.03 Å². The van der Waals surface area contributed by atoms with Gasteiger partial charge in [0.1, 0.15) is 5.01 Å². The van der Waals surface area contributed by atoms with Crippen molar-refractivity contribution in [3.8, 4) is 0 Å². The summed E-state index contributed by atoms with van der Waals surface area (Å²) in [4.78, 5) is 12.0. The maximum Gasteiger partial charge on any atom is 0.325 e. The second-order valence-electron chi connectivity index (χ2n) is 5.32. The van der Waals surface area contributed by atoms with Crippen LogP contribution in [0.5, 0.6) is 0 Å². The van der Waals surface area contributed by atoms with E-state index in [4.69, 9.17) is 34.8 Å². The van der Waals surface area contributed by atoms with E-state index in [-0.39, 0.29) is 0 Å². The molecule has 0 aliphatic carbocycles. The van der Waals surface area contributed by atoms with Crippen molar-refractivity contribution < 1.29 is 4.79 Å². The maximum absolute atomic E-state index is 12.0. The Balaban J connectivity index is 1.48. The van der Waals surface area contributed by atoms with Crippen molar-refractivity contribution in [3.63, 3.8) is 0 Å². The SMILES string of the molecule is O=C(Nc1cccc(Cl)c1)Nc1nnc(CSCc2ccc(Cl)cc2Cl)s1. The van der Waals surface area contributed by atoms with Crippen molar-refractivity contribution in [1.29, 1.82) is 0 Å². The third-order valence-electron chi connectivity index (χ3n) is 3.27. The molecule has 2 aromatic carbocycles. The molecule has 1 aromatic heterocycles. The molecule has 27 heavy (non-hydrogen) atoms. The Morgan fingerprint density at radius 1 is 1.00 bits per heavy atom. The highest BCUT2D eigenvalue weighted by Gasteiger charge is 2.09. The van der Waals surface area contributed by atoms with Crippen LogP contribution in [0.1, 0.15) is 10.6 Å². The van der Waals surface area contributed by atoms with Gasteiger partial charge in [0.2, 0.25) is 5.13 Å². The number of nitrogens with zero attached hydrogens (tertiary/aromatic N) is 2. The van der Waals surface area contributed by atoms with E-state index in [1.807, 2.05) is 12.1 Å². The van der Waals surface area contributed by atoms with Gasteiger partial charge in [0, 0.05) is 32.3 Å². The highest BCUT2D eigenvalue weighted by molar-refractivity contribution is 7.97. The Kier molecular flexibility index (Phi) is 7.20. The number of hydrogen-bond donors (Lipinski definition) is 2. The number of rotatable bonds is 6. The fraction of sp³-hybridized carbons (Fsp3) is 0.118. The van der Waals surface area contributed by atoms with Gasteiger partial charge in [-0.2, -0.15) is 0 Å². The molecule has 3 aromatic rings. The van der Waals surface area contributed by atoms with Gasteiger partial charge in [-0.1, -0.05) is 58.3 Å². The molecule has 140 valence electrons. The number of aromatic nitrogens is 2. The summed E-state index contributed by atoms with van der Waals surface area (Å²) in [5, 5.41) is 16.5. The standard InChI is InChI=1S/C17H13Cl3N4OS2/c18-11-2-1-3-13(6-11)21-16(25)22-17-24-23-15(27-17)9-26-8-10-4-5-12(19)7-14(10)20/h1-7H,8-9H2,(H2,21,22,24,25). The lowest BCUT2D eigenvalue weighted by molar-refractivity contribution is 0.262. The average molecular weight is 460 g/mol. The van der Waals surface area contributed by atoms with Crippen molar-refractivity contribution in [2.75, 3.05) is 10.6 Å². The van der Waals surface area contributed by atoms with Gasteiger partial charge in [-0.15, -0.1) is 22.0 Å². The van der Waals surface area contributed by atoms with Gasteiger partial charge in [-0.05, 0) is 35.9 Å². The zero-order valence-electron chi connectivity index (χ0n) is 13.7. The molecule has 0 saturated carbocycles. The Morgan fingerprint density at radius 3 is 2.59 bits per heavy atom. The highest BCUT2D eigenvalue weighted by atomic mass is 35.5. The first-order valence-electron chi connectivity index (χ1n) is 7.67. The molecule has 0 atom stereocenters. The fourth-order valence-corrected chi connectivity index (χ4v) is 4.64. The zero-order valence-corrected chi connectivity index (χ0v) is 17.6. The molecule has 0 bridgehead atoms. The number of halogens is 3. The molecule has 0 fully saturated rings. The number of carbonyl (C=O) groups excluding carboxylic acids is 1. The van der Waals surface area contributed by atoms with Crippen LogP contribution in [0.4, 0.5) is 15.6 Å². The summed E-state index contributed by atoms with van der Waals surface area (Å²) in [6.45, 7) is 0. The third kappa shape index (κ3) is 6.26. The molecule has 3 rings (SSSR count). The van der Waals surface area contributed by atoms with E-state index in [1.54, 1.807) is 42.1 Å². The summed E-state index contributed by atoms with van der Waals surface area (Å²) in [5.74, 6) is 1.39. The van der Waals surface area contributed by atoms with E-state index >= 15 is 0 Å². The van der Waals surface area contributed by atoms with Crippen LogP contribution in [0.15, 0.2) is 42.5 Å². The predicted molar refractivity (Wildman–Crippen MR) is 115 cm³/mol. The number of carbonyl (C=O) groups is 1. The van der Waals surface area contributed by atoms with Crippen molar-refractivity contribution in [3.05, 3.63) is 68.1 Å². The normalized spacial score (nSPS) is 10.6. The number of urea groups is 1. The minimum atomic E-state index is -0.402. The van der Waals surface area contributed by atoms with Crippen LogP contribution >= 0.6 is 57.9 Å². The molecule has 0 radical (unpaired) electrons. The van der Waals surface area contributed by atoms with Gasteiger partial charge >= 0.3 is 6.03 Å². The molecule has 0 unspecified atom stereocenters. The van der Waals surface area contributed by atoms with E-state index in [1.165, 1.54) is 11.3 Å². The lowest BCUT2D eigenvalue weighted by Crippen LogP contribution is -2.19. The molecule has 10 heteroatoms. The molecule has 0 spiro atoms. The predicted octanol–water partition coefficient (Wildman–Crippen LogP) is 6.58. The van der Waals surface area contributed by atoms with Crippen LogP contribution in [0, 0.1) is 0 Å². The van der Waals surface area contributed by atoms with E-state index in [0.717, 1.165) is 16.3 Å². The van der Waals surface area contributed by atoms with E-state index in [0.29, 0.717) is 31.6 Å². The fourth-order valence-electron chi connectivity index (χ4n) is 2.08. The minimum Gasteiger partial charge on any atom is -0.308 e. The second kappa shape index (κ2) is 9.61. The largest absolute Gasteiger partial charge is 0.325 e. The van der Waals surface area contributed by atoms with Gasteiger partial charge in [-0.3, -0.25) is 5.32 Å². The number of hydrogen-bond acceptors (Lipinski definition) is 5. The monoisotopic (exact) mass is 458 g/mol. The van der Waals surface area contributed by atoms with Crippen LogP contribution in [-0.2, 0) is 11.5 Å². The Labute approximate surface area is 179 Å². The van der Waals surface area contributed by atoms with Crippen LogP contribution in [0.3, 0.4) is 0 Å². The van der Waals surface area contributed by atoms with Crippen molar-refractivity contribution in [1.82, 2.24) is 10.2 Å². The number of thioether (sulfide) groups is 1. The molecule has 0 aliphatic rings. The van der Waals surface area contributed by atoms with Gasteiger partial charge < -0.3 is 5.32 Å². The van der Waals surface area contributed by atoms with E-state index in [2.05, 4.69) is 20.8 Å². The summed E-state index contributed by atoms with van der Waals surface area (Å²) in [6, 6.07) is 11.9. The first-order chi connectivity index (χ1) is 13.0. The molecule has 0 aliphatic heterocycles. The summed E-state index contributed by atoms with van der Waals surface area (Å²) >= 11 is 20.9. The molecular weight excluding hydrogens is 447 g/mol. The average Bonchev–Trinajstić information content (AvgIpc) is 3.04. The first-order valence-corrected chi connectivity index (χ1v) is 10.8. The van der Waals surface area contributed by atoms with Gasteiger partial charge in [0.25, 0.3) is 0 Å². The van der Waals surface area contributed by atoms with Gasteiger partial charge in [0.15, 0.2) is 0 Å². The topological polar surface area (TPSA) is 66.9 Å². The lowest BCUT2D eigenvalue weighted by atomic mass is 10.2. The van der Waals surface area contributed by atoms with Gasteiger partial charge in [-0.25, -0.2) is 4.79 Å². The third-order valence-corrected chi connectivity index (χ3v) is 6.10. The van der Waals surface area contributed by atoms with Crippen LogP contribution in [0.2, 0.25) is 15.1 Å². The van der Waals surface area contributed by atoms with E-state index in [9.17, 15) is 4.79 Å². The smallest absolute Gasteiger partial charge is 0.308 e. The summed E-state index contributed by atoms with van der Waals surface area (Å²) in [7, 11) is 0. The van der Waals surface area contributed by atoms with Crippen LogP contribution < -0.4 is 10.6 Å². The first kappa shape index (κ1) is 20.2. The number of nitrogens with one attached hydrogen (secondary N) is 2. The maximum atomic E-state index is 12.0. The van der Waals surface area contributed by atoms with Crippen LogP contribution in [0.25, 0.3) is 0 Å². The zero-order chi connectivity index (χ0) is 19.2. The number of benzene rings is 2. The minimum absolute atomic E-state index is 0.402. The summed E-state index contributed by atoms with van der Waals surface area (Å²) in [6.07, 6.45) is 0. The second-order valence-corrected chi connectivity index (χ2v) is 8.65. The molecule has 0 saturated heterocycles. The number of amides is 2. The molecule has 1 heterocycles.